The standard InChI is InChI=1S/C21H24N2O2/c24-20-13-21(8-10-22(11-9-21)14-16-5-6-16)18-3-1-2-4-19(18)23(20)17-7-12-25-15-17/h1-4,7,12,15-16H,5-6,8-11,13-14H2. The number of amides is 1. The maximum absolute atomic E-state index is 13.1. The Morgan fingerprint density at radius 3 is 2.64 bits per heavy atom. The summed E-state index contributed by atoms with van der Waals surface area (Å²) in [4.78, 5) is 17.5. The van der Waals surface area contributed by atoms with Gasteiger partial charge in [0.15, 0.2) is 0 Å². The molecule has 1 spiro atoms. The summed E-state index contributed by atoms with van der Waals surface area (Å²) in [5.41, 5.74) is 3.21. The molecule has 1 aliphatic carbocycles. The number of benzene rings is 1. The molecule has 1 aromatic carbocycles. The van der Waals surface area contributed by atoms with Gasteiger partial charge >= 0.3 is 0 Å². The molecule has 4 nitrogen and oxygen atoms in total. The first-order valence-electron chi connectivity index (χ1n) is 9.42. The van der Waals surface area contributed by atoms with Crippen molar-refractivity contribution in [3.8, 4) is 0 Å². The molecule has 1 amide bonds. The molecule has 0 bridgehead atoms. The van der Waals surface area contributed by atoms with Crippen LogP contribution in [0.3, 0.4) is 0 Å². The maximum atomic E-state index is 13.1. The molecule has 5 rings (SSSR count). The average molecular weight is 336 g/mol. The van der Waals surface area contributed by atoms with Crippen molar-refractivity contribution in [1.29, 1.82) is 0 Å². The van der Waals surface area contributed by atoms with Gasteiger partial charge in [-0.05, 0) is 56.3 Å². The number of fused-ring (bicyclic) bond motifs is 2. The average Bonchev–Trinajstić information content (AvgIpc) is 3.28. The van der Waals surface area contributed by atoms with E-state index in [-0.39, 0.29) is 11.3 Å². The predicted molar refractivity (Wildman–Crippen MR) is 97.0 cm³/mol. The van der Waals surface area contributed by atoms with E-state index in [0.717, 1.165) is 43.2 Å². The van der Waals surface area contributed by atoms with E-state index >= 15 is 0 Å². The van der Waals surface area contributed by atoms with Gasteiger partial charge in [0.2, 0.25) is 5.91 Å². The molecule has 0 N–H and O–H groups in total. The number of carbonyl (C=O) groups excluding carboxylic acids is 1. The minimum atomic E-state index is 0.00790. The summed E-state index contributed by atoms with van der Waals surface area (Å²) in [6, 6.07) is 10.3. The Labute approximate surface area is 148 Å². The van der Waals surface area contributed by atoms with Crippen LogP contribution in [0.1, 0.15) is 37.7 Å². The summed E-state index contributed by atoms with van der Waals surface area (Å²) in [5, 5.41) is 0. The molecule has 0 atom stereocenters. The molecule has 1 saturated carbocycles. The minimum Gasteiger partial charge on any atom is -0.470 e. The largest absolute Gasteiger partial charge is 0.470 e. The molecule has 1 aromatic heterocycles. The van der Waals surface area contributed by atoms with Crippen LogP contribution < -0.4 is 4.90 Å². The topological polar surface area (TPSA) is 36.7 Å². The molecule has 2 fully saturated rings. The molecular weight excluding hydrogens is 312 g/mol. The highest BCUT2D eigenvalue weighted by molar-refractivity contribution is 6.04. The molecule has 25 heavy (non-hydrogen) atoms. The molecule has 0 unspecified atom stereocenters. The van der Waals surface area contributed by atoms with Crippen LogP contribution in [0.4, 0.5) is 11.4 Å². The zero-order valence-electron chi connectivity index (χ0n) is 14.5. The number of rotatable bonds is 3. The lowest BCUT2D eigenvalue weighted by atomic mass is 9.67. The number of furan rings is 1. The number of piperidine rings is 1. The summed E-state index contributed by atoms with van der Waals surface area (Å²) in [7, 11) is 0. The fourth-order valence-corrected chi connectivity index (χ4v) is 4.66. The van der Waals surface area contributed by atoms with Gasteiger partial charge in [0.1, 0.15) is 6.26 Å². The smallest absolute Gasteiger partial charge is 0.232 e. The van der Waals surface area contributed by atoms with E-state index in [1.165, 1.54) is 24.9 Å². The normalized spacial score (nSPS) is 23.0. The second kappa shape index (κ2) is 5.73. The zero-order valence-corrected chi connectivity index (χ0v) is 14.5. The van der Waals surface area contributed by atoms with Gasteiger partial charge in [-0.1, -0.05) is 18.2 Å². The van der Waals surface area contributed by atoms with Crippen molar-refractivity contribution in [1.82, 2.24) is 4.90 Å². The third-order valence-corrected chi connectivity index (χ3v) is 6.25. The number of likely N-dealkylation sites (tertiary alicyclic amines) is 1. The number of carbonyl (C=O) groups is 1. The first-order valence-corrected chi connectivity index (χ1v) is 9.42. The van der Waals surface area contributed by atoms with Crippen molar-refractivity contribution >= 4 is 17.3 Å². The van der Waals surface area contributed by atoms with E-state index in [2.05, 4.69) is 23.1 Å². The Bertz CT molecular complexity index is 771. The number of para-hydroxylation sites is 1. The van der Waals surface area contributed by atoms with Crippen molar-refractivity contribution in [2.24, 2.45) is 5.92 Å². The van der Waals surface area contributed by atoms with Gasteiger partial charge in [-0.25, -0.2) is 0 Å². The van der Waals surface area contributed by atoms with E-state index in [1.54, 1.807) is 12.5 Å². The Morgan fingerprint density at radius 2 is 1.92 bits per heavy atom. The van der Waals surface area contributed by atoms with Crippen LogP contribution in [0.15, 0.2) is 47.3 Å². The Kier molecular flexibility index (Phi) is 3.49. The lowest BCUT2D eigenvalue weighted by Crippen LogP contribution is -2.49. The molecule has 0 radical (unpaired) electrons. The van der Waals surface area contributed by atoms with Gasteiger partial charge in [0, 0.05) is 24.4 Å². The quantitative estimate of drug-likeness (QED) is 0.847. The van der Waals surface area contributed by atoms with Gasteiger partial charge in [0.05, 0.1) is 17.6 Å². The van der Waals surface area contributed by atoms with Gasteiger partial charge in [-0.3, -0.25) is 9.69 Å². The van der Waals surface area contributed by atoms with E-state index in [4.69, 9.17) is 4.42 Å². The van der Waals surface area contributed by atoms with Crippen molar-refractivity contribution in [2.45, 2.75) is 37.5 Å². The Hall–Kier alpha value is -2.07. The number of hydrogen-bond donors (Lipinski definition) is 0. The van der Waals surface area contributed by atoms with Crippen LogP contribution in [0, 0.1) is 5.92 Å². The molecule has 130 valence electrons. The lowest BCUT2D eigenvalue weighted by molar-refractivity contribution is -0.120. The molecule has 3 aliphatic rings. The lowest BCUT2D eigenvalue weighted by Gasteiger charge is -2.47. The van der Waals surface area contributed by atoms with Crippen LogP contribution in [-0.4, -0.2) is 30.4 Å². The van der Waals surface area contributed by atoms with E-state index in [1.807, 2.05) is 17.0 Å². The number of nitrogens with zero attached hydrogens (tertiary/aromatic N) is 2. The fraction of sp³-hybridized carbons (Fsp3) is 0.476. The second-order valence-corrected chi connectivity index (χ2v) is 7.93. The van der Waals surface area contributed by atoms with Gasteiger partial charge in [-0.15, -0.1) is 0 Å². The zero-order chi connectivity index (χ0) is 16.9. The van der Waals surface area contributed by atoms with E-state index in [9.17, 15) is 4.79 Å². The van der Waals surface area contributed by atoms with Gasteiger partial charge in [0.25, 0.3) is 0 Å². The van der Waals surface area contributed by atoms with Crippen molar-refractivity contribution in [3.63, 3.8) is 0 Å². The van der Waals surface area contributed by atoms with E-state index < -0.39 is 0 Å². The molecule has 3 heterocycles. The van der Waals surface area contributed by atoms with Crippen LogP contribution in [0.5, 0.6) is 0 Å². The Balaban J connectivity index is 1.47. The molecule has 2 aliphatic heterocycles. The van der Waals surface area contributed by atoms with Crippen LogP contribution in [0.2, 0.25) is 0 Å². The summed E-state index contributed by atoms with van der Waals surface area (Å²) < 4.78 is 5.22. The highest BCUT2D eigenvalue weighted by Gasteiger charge is 2.45. The molecular formula is C21H24N2O2. The minimum absolute atomic E-state index is 0.00790. The van der Waals surface area contributed by atoms with Crippen LogP contribution in [0.25, 0.3) is 0 Å². The SMILES string of the molecule is O=C1CC2(CCN(CC3CC3)CC2)c2ccccc2N1c1ccoc1. The molecule has 4 heteroatoms. The van der Waals surface area contributed by atoms with E-state index in [0.29, 0.717) is 6.42 Å². The van der Waals surface area contributed by atoms with Crippen molar-refractivity contribution in [2.75, 3.05) is 24.5 Å². The predicted octanol–water partition coefficient (Wildman–Crippen LogP) is 4.09. The summed E-state index contributed by atoms with van der Waals surface area (Å²) >= 11 is 0. The Morgan fingerprint density at radius 1 is 1.12 bits per heavy atom. The number of anilines is 2. The molecule has 1 saturated heterocycles. The first-order chi connectivity index (χ1) is 12.3. The first kappa shape index (κ1) is 15.2. The fourth-order valence-electron chi connectivity index (χ4n) is 4.66. The third kappa shape index (κ3) is 2.60. The van der Waals surface area contributed by atoms with Crippen molar-refractivity contribution < 1.29 is 9.21 Å². The van der Waals surface area contributed by atoms with Gasteiger partial charge < -0.3 is 9.32 Å². The van der Waals surface area contributed by atoms with Crippen LogP contribution in [-0.2, 0) is 10.2 Å². The highest BCUT2D eigenvalue weighted by atomic mass is 16.3. The van der Waals surface area contributed by atoms with Crippen LogP contribution >= 0.6 is 0 Å². The maximum Gasteiger partial charge on any atom is 0.232 e. The van der Waals surface area contributed by atoms with Gasteiger partial charge in [-0.2, -0.15) is 0 Å². The monoisotopic (exact) mass is 336 g/mol. The molecule has 2 aromatic rings. The van der Waals surface area contributed by atoms with Crippen molar-refractivity contribution in [3.05, 3.63) is 48.4 Å². The number of hydrogen-bond acceptors (Lipinski definition) is 3. The third-order valence-electron chi connectivity index (χ3n) is 6.25. The summed E-state index contributed by atoms with van der Waals surface area (Å²) in [5.74, 6) is 1.13. The second-order valence-electron chi connectivity index (χ2n) is 7.93. The summed E-state index contributed by atoms with van der Waals surface area (Å²) in [6.45, 7) is 3.49. The highest BCUT2D eigenvalue weighted by Crippen LogP contribution is 2.49. The summed E-state index contributed by atoms with van der Waals surface area (Å²) in [6.07, 6.45) is 8.87.